The maximum Gasteiger partial charge on any atom is 0.254 e. The number of benzene rings is 1. The summed E-state index contributed by atoms with van der Waals surface area (Å²) in [7, 11) is -1.28. The van der Waals surface area contributed by atoms with Crippen LogP contribution in [0.15, 0.2) is 61.2 Å². The molecule has 0 fully saturated rings. The lowest BCUT2D eigenvalue weighted by molar-refractivity contribution is 0.100. The Labute approximate surface area is 197 Å². The van der Waals surface area contributed by atoms with Crippen molar-refractivity contribution in [3.8, 4) is 17.0 Å². The number of primary amides is 1. The van der Waals surface area contributed by atoms with Crippen molar-refractivity contribution in [3.05, 3.63) is 72.4 Å². The molecule has 0 aliphatic heterocycles. The molecule has 4 aromatic rings. The van der Waals surface area contributed by atoms with E-state index in [0.29, 0.717) is 34.3 Å². The summed E-state index contributed by atoms with van der Waals surface area (Å²) in [6, 6.07) is 10.7. The number of rotatable bonds is 10. The van der Waals surface area contributed by atoms with Gasteiger partial charge in [0.25, 0.3) is 5.91 Å². The number of pyridine rings is 1. The van der Waals surface area contributed by atoms with Gasteiger partial charge in [-0.25, -0.2) is 9.19 Å². The van der Waals surface area contributed by atoms with E-state index in [1.165, 1.54) is 18.6 Å². The minimum atomic E-state index is -1.28. The van der Waals surface area contributed by atoms with Crippen LogP contribution >= 0.6 is 0 Å². The van der Waals surface area contributed by atoms with Gasteiger partial charge in [0.2, 0.25) is 0 Å². The third-order valence-corrected chi connectivity index (χ3v) is 5.65. The van der Waals surface area contributed by atoms with E-state index < -0.39 is 16.9 Å². The first-order chi connectivity index (χ1) is 16.5. The van der Waals surface area contributed by atoms with Crippen molar-refractivity contribution in [1.29, 1.82) is 0 Å². The summed E-state index contributed by atoms with van der Waals surface area (Å²) < 4.78 is 21.0. The number of aromatic nitrogens is 5. The summed E-state index contributed by atoms with van der Waals surface area (Å²) in [5.74, 6) is 0.793. The molecule has 1 unspecified atom stereocenters. The van der Waals surface area contributed by atoms with Gasteiger partial charge in [0, 0.05) is 29.9 Å². The summed E-state index contributed by atoms with van der Waals surface area (Å²) in [6.07, 6.45) is 6.22. The van der Waals surface area contributed by atoms with Gasteiger partial charge in [-0.05, 0) is 24.3 Å². The van der Waals surface area contributed by atoms with Crippen LogP contribution in [0.4, 0.5) is 17.3 Å². The Morgan fingerprint density at radius 1 is 1.18 bits per heavy atom. The van der Waals surface area contributed by atoms with Gasteiger partial charge in [-0.1, -0.05) is 19.1 Å². The molecule has 4 rings (SSSR count). The highest BCUT2D eigenvalue weighted by molar-refractivity contribution is 7.86. The summed E-state index contributed by atoms with van der Waals surface area (Å²) in [6.45, 7) is 2.00. The number of anilines is 3. The predicted octanol–water partition coefficient (Wildman–Crippen LogP) is 2.78. The van der Waals surface area contributed by atoms with E-state index in [4.69, 9.17) is 10.5 Å². The van der Waals surface area contributed by atoms with Gasteiger partial charge >= 0.3 is 0 Å². The SMILES string of the molecule is CCS(=O)Nc1ccc(-c2[nH]nc(Nc3cnccn3)c2C(N)=O)cc1OCc1ccccn1. The normalized spacial score (nSPS) is 11.6. The van der Waals surface area contributed by atoms with E-state index in [9.17, 15) is 9.00 Å². The molecule has 0 bridgehead atoms. The average molecular weight is 479 g/mol. The van der Waals surface area contributed by atoms with Crippen LogP contribution < -0.4 is 20.5 Å². The van der Waals surface area contributed by atoms with Crippen molar-refractivity contribution >= 4 is 34.2 Å². The first-order valence-corrected chi connectivity index (χ1v) is 11.6. The molecule has 0 spiro atoms. The minimum Gasteiger partial charge on any atom is -0.485 e. The molecule has 1 atom stereocenters. The second-order valence-corrected chi connectivity index (χ2v) is 8.43. The number of nitrogens with two attached hydrogens (primary N) is 1. The van der Waals surface area contributed by atoms with E-state index in [2.05, 4.69) is 35.2 Å². The molecule has 3 heterocycles. The molecule has 0 aliphatic carbocycles. The van der Waals surface area contributed by atoms with E-state index in [1.54, 1.807) is 31.3 Å². The Balaban J connectivity index is 1.69. The zero-order valence-electron chi connectivity index (χ0n) is 18.2. The highest BCUT2D eigenvalue weighted by Crippen LogP contribution is 2.34. The largest absolute Gasteiger partial charge is 0.485 e. The Bertz CT molecular complexity index is 1300. The number of aromatic amines is 1. The van der Waals surface area contributed by atoms with Gasteiger partial charge in [-0.3, -0.25) is 19.9 Å². The van der Waals surface area contributed by atoms with Crippen LogP contribution in [0, 0.1) is 0 Å². The number of ether oxygens (including phenoxy) is 1. The molecule has 0 saturated carbocycles. The number of H-pyrrole nitrogens is 1. The van der Waals surface area contributed by atoms with Crippen LogP contribution in [0.3, 0.4) is 0 Å². The Morgan fingerprint density at radius 2 is 2.06 bits per heavy atom. The van der Waals surface area contributed by atoms with Gasteiger partial charge in [-0.15, -0.1) is 0 Å². The highest BCUT2D eigenvalue weighted by Gasteiger charge is 2.21. The van der Waals surface area contributed by atoms with Gasteiger partial charge in [0.15, 0.2) is 5.82 Å². The smallest absolute Gasteiger partial charge is 0.254 e. The molecule has 174 valence electrons. The zero-order valence-corrected chi connectivity index (χ0v) is 19.0. The molecule has 3 aromatic heterocycles. The van der Waals surface area contributed by atoms with Crippen molar-refractivity contribution in [2.45, 2.75) is 13.5 Å². The van der Waals surface area contributed by atoms with Crippen molar-refractivity contribution in [1.82, 2.24) is 25.1 Å². The van der Waals surface area contributed by atoms with Gasteiger partial charge in [0.05, 0.1) is 23.3 Å². The zero-order chi connectivity index (χ0) is 23.9. The summed E-state index contributed by atoms with van der Waals surface area (Å²) in [4.78, 5) is 24.7. The van der Waals surface area contributed by atoms with Crippen molar-refractivity contribution in [3.63, 3.8) is 0 Å². The maximum atomic E-state index is 12.3. The van der Waals surface area contributed by atoms with Crippen molar-refractivity contribution in [2.24, 2.45) is 5.73 Å². The molecule has 11 nitrogen and oxygen atoms in total. The van der Waals surface area contributed by atoms with Gasteiger partial charge in [-0.2, -0.15) is 5.10 Å². The van der Waals surface area contributed by atoms with Crippen molar-refractivity contribution in [2.75, 3.05) is 15.8 Å². The van der Waals surface area contributed by atoms with E-state index in [-0.39, 0.29) is 18.0 Å². The lowest BCUT2D eigenvalue weighted by Gasteiger charge is -2.14. The lowest BCUT2D eigenvalue weighted by Crippen LogP contribution is -2.14. The number of hydrogen-bond donors (Lipinski definition) is 4. The molecule has 5 N–H and O–H groups in total. The second-order valence-electron chi connectivity index (χ2n) is 6.96. The molecular weight excluding hydrogens is 456 g/mol. The Hall–Kier alpha value is -4.32. The summed E-state index contributed by atoms with van der Waals surface area (Å²) in [5.41, 5.74) is 8.08. The van der Waals surface area contributed by atoms with Crippen LogP contribution in [0.5, 0.6) is 5.75 Å². The fraction of sp³-hybridized carbons (Fsp3) is 0.136. The van der Waals surface area contributed by atoms with Crippen LogP contribution in [-0.2, 0) is 17.6 Å². The molecule has 12 heteroatoms. The van der Waals surface area contributed by atoms with Gasteiger partial charge < -0.3 is 20.5 Å². The first kappa shape index (κ1) is 22.9. The quantitative estimate of drug-likeness (QED) is 0.270. The molecule has 0 aliphatic rings. The topological polar surface area (TPSA) is 161 Å². The molecular formula is C22H22N8O3S. The van der Waals surface area contributed by atoms with E-state index in [1.807, 2.05) is 18.2 Å². The summed E-state index contributed by atoms with van der Waals surface area (Å²) in [5, 5.41) is 9.99. The van der Waals surface area contributed by atoms with Gasteiger partial charge in [0.1, 0.15) is 34.7 Å². The molecule has 0 saturated heterocycles. The molecule has 0 radical (unpaired) electrons. The number of hydrogen-bond acceptors (Lipinski definition) is 8. The molecule has 34 heavy (non-hydrogen) atoms. The van der Waals surface area contributed by atoms with E-state index >= 15 is 0 Å². The van der Waals surface area contributed by atoms with Crippen LogP contribution in [0.2, 0.25) is 0 Å². The van der Waals surface area contributed by atoms with Crippen LogP contribution in [0.25, 0.3) is 11.3 Å². The lowest BCUT2D eigenvalue weighted by atomic mass is 10.1. The maximum absolute atomic E-state index is 12.3. The standard InChI is InChI=1S/C22H22N8O3S/c1-2-34(32)30-16-7-6-14(11-17(16)33-13-15-5-3-4-8-25-15)20-19(21(23)31)22(29-28-20)27-18-12-24-9-10-26-18/h3-12,30H,2,13H2,1H3,(H2,23,31)(H2,26,27,28,29). The number of carbonyl (C=O) groups is 1. The van der Waals surface area contributed by atoms with Crippen LogP contribution in [-0.4, -0.2) is 41.0 Å². The van der Waals surface area contributed by atoms with Crippen LogP contribution in [0.1, 0.15) is 23.0 Å². The number of nitrogens with one attached hydrogen (secondary N) is 3. The third kappa shape index (κ3) is 5.35. The molecule has 1 aromatic carbocycles. The minimum absolute atomic E-state index is 0.152. The highest BCUT2D eigenvalue weighted by atomic mass is 32.2. The number of nitrogens with zero attached hydrogens (tertiary/aromatic N) is 4. The third-order valence-electron chi connectivity index (χ3n) is 4.68. The second kappa shape index (κ2) is 10.5. The predicted molar refractivity (Wildman–Crippen MR) is 129 cm³/mol. The number of carbonyl (C=O) groups excluding carboxylic acids is 1. The van der Waals surface area contributed by atoms with Crippen molar-refractivity contribution < 1.29 is 13.7 Å². The number of amides is 1. The van der Waals surface area contributed by atoms with E-state index in [0.717, 1.165) is 5.69 Å². The summed E-state index contributed by atoms with van der Waals surface area (Å²) >= 11 is 0. The monoisotopic (exact) mass is 478 g/mol. The Kier molecular flexibility index (Phi) is 7.08. The fourth-order valence-corrected chi connectivity index (χ4v) is 3.64. The Morgan fingerprint density at radius 3 is 2.76 bits per heavy atom. The first-order valence-electron chi connectivity index (χ1n) is 10.3. The average Bonchev–Trinajstić information content (AvgIpc) is 3.28. The fourth-order valence-electron chi connectivity index (χ4n) is 3.08. The molecule has 1 amide bonds.